The highest BCUT2D eigenvalue weighted by atomic mass is 16.6. The first-order valence-electron chi connectivity index (χ1n) is 11.0. The number of rotatable bonds is 6. The predicted octanol–water partition coefficient (Wildman–Crippen LogP) is 6.51. The molecule has 0 saturated carbocycles. The summed E-state index contributed by atoms with van der Waals surface area (Å²) in [7, 11) is 0. The normalized spacial score (nSPS) is 11.1. The summed E-state index contributed by atoms with van der Waals surface area (Å²) in [6.07, 6.45) is 0. The number of hydrogen-bond donors (Lipinski definition) is 2. The van der Waals surface area contributed by atoms with Crippen molar-refractivity contribution in [3.05, 3.63) is 101 Å². The lowest BCUT2D eigenvalue weighted by molar-refractivity contribution is -0.384. The molecule has 0 radical (unpaired) electrons. The van der Waals surface area contributed by atoms with E-state index in [1.165, 1.54) is 16.8 Å². The topological polar surface area (TPSA) is 111 Å². The first-order valence-corrected chi connectivity index (χ1v) is 11.0. The number of nitro groups is 1. The molecular weight excluding hydrogens is 446 g/mol. The van der Waals surface area contributed by atoms with E-state index in [1.54, 1.807) is 42.5 Å². The number of hydrogen-bond acceptors (Lipinski definition) is 5. The molecule has 0 atom stereocenters. The predicted molar refractivity (Wildman–Crippen MR) is 135 cm³/mol. The molecule has 178 valence electrons. The molecule has 0 saturated heterocycles. The van der Waals surface area contributed by atoms with Gasteiger partial charge in [-0.05, 0) is 42.5 Å². The highest BCUT2D eigenvalue weighted by molar-refractivity contribution is 5.99. The van der Waals surface area contributed by atoms with E-state index in [4.69, 9.17) is 4.74 Å². The van der Waals surface area contributed by atoms with Crippen LogP contribution in [0.2, 0.25) is 0 Å². The third-order valence-electron chi connectivity index (χ3n) is 5.10. The van der Waals surface area contributed by atoms with Gasteiger partial charge in [-0.3, -0.25) is 15.4 Å². The van der Waals surface area contributed by atoms with Crippen molar-refractivity contribution in [1.29, 1.82) is 0 Å². The third kappa shape index (κ3) is 5.83. The fraction of sp³-hybridized carbons (Fsp3) is 0.154. The van der Waals surface area contributed by atoms with Gasteiger partial charge in [0.2, 0.25) is 0 Å². The van der Waals surface area contributed by atoms with E-state index < -0.39 is 11.0 Å². The molecule has 0 aliphatic carbocycles. The fourth-order valence-corrected chi connectivity index (χ4v) is 3.28. The molecule has 1 aromatic heterocycles. The Hall–Kier alpha value is -4.66. The van der Waals surface area contributed by atoms with E-state index in [1.807, 2.05) is 51.1 Å². The van der Waals surface area contributed by atoms with Gasteiger partial charge in [-0.15, -0.1) is 0 Å². The summed E-state index contributed by atoms with van der Waals surface area (Å²) >= 11 is 0. The van der Waals surface area contributed by atoms with E-state index in [0.717, 1.165) is 11.4 Å². The van der Waals surface area contributed by atoms with Gasteiger partial charge in [0.15, 0.2) is 0 Å². The number of benzene rings is 3. The van der Waals surface area contributed by atoms with Gasteiger partial charge in [-0.25, -0.2) is 9.48 Å². The number of non-ortho nitro benzene ring substituents is 1. The van der Waals surface area contributed by atoms with Crippen LogP contribution in [-0.4, -0.2) is 20.7 Å². The number of amides is 2. The zero-order valence-corrected chi connectivity index (χ0v) is 19.6. The fourth-order valence-electron chi connectivity index (χ4n) is 3.28. The Balaban J connectivity index is 1.52. The van der Waals surface area contributed by atoms with Crippen molar-refractivity contribution < 1.29 is 14.5 Å². The lowest BCUT2D eigenvalue weighted by atomic mass is 9.92. The molecule has 0 aliphatic heterocycles. The molecule has 0 aliphatic rings. The van der Waals surface area contributed by atoms with Crippen LogP contribution in [0.25, 0.3) is 5.69 Å². The van der Waals surface area contributed by atoms with Gasteiger partial charge in [-0.2, -0.15) is 5.10 Å². The Morgan fingerprint density at radius 3 is 2.26 bits per heavy atom. The van der Waals surface area contributed by atoms with Crippen molar-refractivity contribution in [2.45, 2.75) is 26.2 Å². The Bertz CT molecular complexity index is 1340. The van der Waals surface area contributed by atoms with E-state index >= 15 is 0 Å². The number of nitrogens with zero attached hydrogens (tertiary/aromatic N) is 3. The Labute approximate surface area is 202 Å². The number of aromatic nitrogens is 2. The highest BCUT2D eigenvalue weighted by Gasteiger charge is 2.22. The Morgan fingerprint density at radius 2 is 1.60 bits per heavy atom. The van der Waals surface area contributed by atoms with Crippen molar-refractivity contribution in [3.63, 3.8) is 0 Å². The summed E-state index contributed by atoms with van der Waals surface area (Å²) in [5.74, 6) is 1.74. The average Bonchev–Trinajstić information content (AvgIpc) is 3.25. The minimum Gasteiger partial charge on any atom is -0.457 e. The number of ether oxygens (including phenoxy) is 1. The summed E-state index contributed by atoms with van der Waals surface area (Å²) in [5, 5.41) is 21.4. The van der Waals surface area contributed by atoms with E-state index in [2.05, 4.69) is 15.7 Å². The van der Waals surface area contributed by atoms with Crippen LogP contribution in [0.15, 0.2) is 84.9 Å². The maximum absolute atomic E-state index is 12.8. The monoisotopic (exact) mass is 471 g/mol. The summed E-state index contributed by atoms with van der Waals surface area (Å²) < 4.78 is 7.26. The number of para-hydroxylation sites is 1. The van der Waals surface area contributed by atoms with Crippen LogP contribution in [0.1, 0.15) is 26.5 Å². The second-order valence-corrected chi connectivity index (χ2v) is 8.87. The molecule has 3 aromatic carbocycles. The van der Waals surface area contributed by atoms with Gasteiger partial charge in [0, 0.05) is 29.3 Å². The molecule has 9 heteroatoms. The van der Waals surface area contributed by atoms with Crippen LogP contribution >= 0.6 is 0 Å². The van der Waals surface area contributed by atoms with E-state index in [0.29, 0.717) is 22.9 Å². The van der Waals surface area contributed by atoms with Crippen LogP contribution in [0.5, 0.6) is 11.5 Å². The number of nitro benzene ring substituents is 1. The smallest absolute Gasteiger partial charge is 0.324 e. The zero-order valence-electron chi connectivity index (χ0n) is 19.6. The van der Waals surface area contributed by atoms with Crippen molar-refractivity contribution in [1.82, 2.24) is 9.78 Å². The van der Waals surface area contributed by atoms with Crippen molar-refractivity contribution in [2.75, 3.05) is 10.6 Å². The minimum atomic E-state index is -0.478. The molecule has 0 fully saturated rings. The number of anilines is 2. The summed E-state index contributed by atoms with van der Waals surface area (Å²) in [6, 6.07) is 23.8. The van der Waals surface area contributed by atoms with Gasteiger partial charge in [0.05, 0.1) is 16.3 Å². The molecule has 0 spiro atoms. The molecule has 4 rings (SSSR count). The van der Waals surface area contributed by atoms with Gasteiger partial charge in [0.1, 0.15) is 17.3 Å². The van der Waals surface area contributed by atoms with Crippen molar-refractivity contribution in [2.24, 2.45) is 0 Å². The second-order valence-electron chi connectivity index (χ2n) is 8.87. The Morgan fingerprint density at radius 1 is 0.914 bits per heavy atom. The van der Waals surface area contributed by atoms with Crippen LogP contribution in [0.3, 0.4) is 0 Å². The van der Waals surface area contributed by atoms with Gasteiger partial charge in [0.25, 0.3) is 5.69 Å². The standard InChI is InChI=1S/C26H25N5O4/c1-26(2,3)23-17-24(30(29-23)19-8-7-9-20(16-19)31(33)34)28-25(32)27-18-12-14-22(15-13-18)35-21-10-5-4-6-11-21/h4-17H,1-3H3,(H2,27,28,32). The van der Waals surface area contributed by atoms with Crippen molar-refractivity contribution >= 4 is 23.2 Å². The lowest BCUT2D eigenvalue weighted by Gasteiger charge is -2.14. The molecule has 0 unspecified atom stereocenters. The molecule has 2 amide bonds. The number of urea groups is 1. The molecule has 0 bridgehead atoms. The maximum Gasteiger partial charge on any atom is 0.324 e. The summed E-state index contributed by atoms with van der Waals surface area (Å²) in [6.45, 7) is 5.99. The van der Waals surface area contributed by atoms with E-state index in [-0.39, 0.29) is 11.1 Å². The van der Waals surface area contributed by atoms with Gasteiger partial charge >= 0.3 is 6.03 Å². The first kappa shape index (κ1) is 23.5. The van der Waals surface area contributed by atoms with Crippen LogP contribution in [0, 0.1) is 10.1 Å². The van der Waals surface area contributed by atoms with Gasteiger partial charge in [-0.1, -0.05) is 45.0 Å². The SMILES string of the molecule is CC(C)(C)c1cc(NC(=O)Nc2ccc(Oc3ccccc3)cc2)n(-c2cccc([N+](=O)[O-])c2)n1. The lowest BCUT2D eigenvalue weighted by Crippen LogP contribution is -2.21. The molecular formula is C26H25N5O4. The molecule has 4 aromatic rings. The first-order chi connectivity index (χ1) is 16.7. The highest BCUT2D eigenvalue weighted by Crippen LogP contribution is 2.28. The quantitative estimate of drug-likeness (QED) is 0.246. The van der Waals surface area contributed by atoms with Crippen molar-refractivity contribution in [3.8, 4) is 17.2 Å². The summed E-state index contributed by atoms with van der Waals surface area (Å²) in [4.78, 5) is 23.5. The molecule has 35 heavy (non-hydrogen) atoms. The number of carbonyl (C=O) groups is 1. The number of carbonyl (C=O) groups excluding carboxylic acids is 1. The Kier molecular flexibility index (Phi) is 6.50. The van der Waals surface area contributed by atoms with Crippen LogP contribution in [0.4, 0.5) is 22.0 Å². The van der Waals surface area contributed by atoms with Crippen LogP contribution < -0.4 is 15.4 Å². The maximum atomic E-state index is 12.8. The molecule has 2 N–H and O–H groups in total. The van der Waals surface area contributed by atoms with Gasteiger partial charge < -0.3 is 10.1 Å². The number of nitrogens with one attached hydrogen (secondary N) is 2. The summed E-state index contributed by atoms with van der Waals surface area (Å²) in [5.41, 5.74) is 1.39. The largest absolute Gasteiger partial charge is 0.457 e. The third-order valence-corrected chi connectivity index (χ3v) is 5.10. The molecule has 9 nitrogen and oxygen atoms in total. The van der Waals surface area contributed by atoms with E-state index in [9.17, 15) is 14.9 Å². The molecule has 1 heterocycles. The minimum absolute atomic E-state index is 0.0662. The van der Waals surface area contributed by atoms with Crippen LogP contribution in [-0.2, 0) is 5.41 Å². The average molecular weight is 472 g/mol. The zero-order chi connectivity index (χ0) is 25.0. The second kappa shape index (κ2) is 9.68.